The van der Waals surface area contributed by atoms with Gasteiger partial charge in [0.25, 0.3) is 0 Å². The minimum Gasteiger partial charge on any atom is -0.446 e. The Morgan fingerprint density at radius 2 is 2.14 bits per heavy atom. The lowest BCUT2D eigenvalue weighted by Crippen LogP contribution is -1.98. The van der Waals surface area contributed by atoms with Gasteiger partial charge in [0.2, 0.25) is 5.71 Å². The predicted molar refractivity (Wildman–Crippen MR) is 86.5 cm³/mol. The van der Waals surface area contributed by atoms with E-state index in [1.165, 1.54) is 0 Å². The van der Waals surface area contributed by atoms with Gasteiger partial charge in [-0.25, -0.2) is 15.0 Å². The third-order valence-corrected chi connectivity index (χ3v) is 4.64. The van der Waals surface area contributed by atoms with Crippen LogP contribution >= 0.6 is 23.5 Å². The van der Waals surface area contributed by atoms with Gasteiger partial charge in [0, 0.05) is 22.9 Å². The van der Waals surface area contributed by atoms with Crippen molar-refractivity contribution in [3.63, 3.8) is 0 Å². The highest BCUT2D eigenvalue weighted by molar-refractivity contribution is 7.99. The summed E-state index contributed by atoms with van der Waals surface area (Å²) in [6.07, 6.45) is 5.44. The van der Waals surface area contributed by atoms with Gasteiger partial charge in [0.15, 0.2) is 5.16 Å². The van der Waals surface area contributed by atoms with Gasteiger partial charge in [0.1, 0.15) is 10.8 Å². The highest BCUT2D eigenvalue weighted by Crippen LogP contribution is 2.34. The van der Waals surface area contributed by atoms with Crippen LogP contribution in [0.15, 0.2) is 45.3 Å². The second-order valence-corrected chi connectivity index (χ2v) is 6.60. The van der Waals surface area contributed by atoms with Crippen molar-refractivity contribution in [3.05, 3.63) is 36.2 Å². The fraction of sp³-hybridized carbons (Fsp3) is 0.214. The van der Waals surface area contributed by atoms with Gasteiger partial charge in [0.05, 0.1) is 6.26 Å². The lowest BCUT2D eigenvalue weighted by atomic mass is 10.2. The van der Waals surface area contributed by atoms with Crippen LogP contribution in [0.25, 0.3) is 11.1 Å². The predicted octanol–water partition coefficient (Wildman–Crippen LogP) is 3.78. The van der Waals surface area contributed by atoms with E-state index in [0.29, 0.717) is 16.7 Å². The summed E-state index contributed by atoms with van der Waals surface area (Å²) in [5, 5.41) is 2.73. The third kappa shape index (κ3) is 3.14. The van der Waals surface area contributed by atoms with Gasteiger partial charge in [-0.15, -0.1) is 11.8 Å². The van der Waals surface area contributed by atoms with Crippen molar-refractivity contribution in [2.45, 2.75) is 22.4 Å². The number of pyridine rings is 1. The number of hydrogen-bond donors (Lipinski definition) is 1. The first kappa shape index (κ1) is 14.2. The standard InChI is InChI=1S/C14H14N4OS2/c1-8(10-5-9-3-4-19-13(9)16-7-10)21-14-17-11(15)6-12(18-14)20-2/h3-8H,1-2H3,(H2,15,17,18). The number of hydrogen-bond acceptors (Lipinski definition) is 7. The summed E-state index contributed by atoms with van der Waals surface area (Å²) >= 11 is 3.12. The second-order valence-electron chi connectivity index (χ2n) is 4.46. The maximum Gasteiger partial charge on any atom is 0.225 e. The van der Waals surface area contributed by atoms with Crippen LogP contribution in [0, 0.1) is 0 Å². The molecule has 0 amide bonds. The van der Waals surface area contributed by atoms with Crippen molar-refractivity contribution in [2.75, 3.05) is 12.0 Å². The number of furan rings is 1. The Labute approximate surface area is 130 Å². The van der Waals surface area contributed by atoms with E-state index in [1.807, 2.05) is 18.5 Å². The molecule has 0 aliphatic rings. The Morgan fingerprint density at radius 3 is 2.95 bits per heavy atom. The molecule has 0 fully saturated rings. The molecule has 7 heteroatoms. The van der Waals surface area contributed by atoms with E-state index in [2.05, 4.69) is 27.9 Å². The molecule has 3 rings (SSSR count). The molecule has 3 aromatic rings. The Balaban J connectivity index is 1.84. The van der Waals surface area contributed by atoms with Crippen molar-refractivity contribution in [3.8, 4) is 0 Å². The average molecular weight is 318 g/mol. The Hall–Kier alpha value is -1.73. The summed E-state index contributed by atoms with van der Waals surface area (Å²) in [5.41, 5.74) is 7.56. The lowest BCUT2D eigenvalue weighted by Gasteiger charge is -2.11. The number of nitrogens with two attached hydrogens (primary N) is 1. The maximum absolute atomic E-state index is 5.81. The molecule has 0 aromatic carbocycles. The highest BCUT2D eigenvalue weighted by Gasteiger charge is 2.13. The fourth-order valence-corrected chi connectivity index (χ4v) is 3.27. The smallest absolute Gasteiger partial charge is 0.225 e. The molecule has 3 heterocycles. The zero-order chi connectivity index (χ0) is 14.8. The van der Waals surface area contributed by atoms with E-state index in [-0.39, 0.29) is 5.25 Å². The first-order chi connectivity index (χ1) is 10.2. The molecular weight excluding hydrogens is 304 g/mol. The van der Waals surface area contributed by atoms with Crippen LogP contribution in [0.1, 0.15) is 17.7 Å². The molecule has 5 nitrogen and oxygen atoms in total. The zero-order valence-corrected chi connectivity index (χ0v) is 13.2. The quantitative estimate of drug-likeness (QED) is 0.445. The minimum atomic E-state index is 0.174. The van der Waals surface area contributed by atoms with Crippen LogP contribution in [0.5, 0.6) is 0 Å². The van der Waals surface area contributed by atoms with E-state index in [9.17, 15) is 0 Å². The van der Waals surface area contributed by atoms with Crippen LogP contribution < -0.4 is 5.73 Å². The summed E-state index contributed by atoms with van der Waals surface area (Å²) in [6, 6.07) is 5.76. The zero-order valence-electron chi connectivity index (χ0n) is 11.6. The molecular formula is C14H14N4OS2. The molecule has 0 aliphatic heterocycles. The molecule has 1 unspecified atom stereocenters. The van der Waals surface area contributed by atoms with E-state index in [1.54, 1.807) is 35.9 Å². The van der Waals surface area contributed by atoms with Crippen molar-refractivity contribution in [2.24, 2.45) is 0 Å². The van der Waals surface area contributed by atoms with Crippen LogP contribution in [0.4, 0.5) is 5.82 Å². The first-order valence-electron chi connectivity index (χ1n) is 6.34. The molecule has 1 atom stereocenters. The number of aromatic nitrogens is 3. The maximum atomic E-state index is 5.81. The normalized spacial score (nSPS) is 12.7. The van der Waals surface area contributed by atoms with Crippen molar-refractivity contribution in [1.82, 2.24) is 15.0 Å². The Morgan fingerprint density at radius 1 is 1.29 bits per heavy atom. The van der Waals surface area contributed by atoms with E-state index in [4.69, 9.17) is 10.2 Å². The van der Waals surface area contributed by atoms with Gasteiger partial charge >= 0.3 is 0 Å². The van der Waals surface area contributed by atoms with Crippen molar-refractivity contribution in [1.29, 1.82) is 0 Å². The van der Waals surface area contributed by atoms with Crippen LogP contribution in [0.3, 0.4) is 0 Å². The molecule has 0 bridgehead atoms. The summed E-state index contributed by atoms with van der Waals surface area (Å²) in [6.45, 7) is 2.10. The van der Waals surface area contributed by atoms with Gasteiger partial charge in [-0.1, -0.05) is 11.8 Å². The highest BCUT2D eigenvalue weighted by atomic mass is 32.2. The molecule has 2 N–H and O–H groups in total. The first-order valence-corrected chi connectivity index (χ1v) is 8.44. The molecule has 0 radical (unpaired) electrons. The fourth-order valence-electron chi connectivity index (χ4n) is 1.90. The van der Waals surface area contributed by atoms with E-state index < -0.39 is 0 Å². The largest absolute Gasteiger partial charge is 0.446 e. The van der Waals surface area contributed by atoms with Crippen molar-refractivity contribution >= 4 is 40.4 Å². The van der Waals surface area contributed by atoms with Crippen molar-refractivity contribution < 1.29 is 4.42 Å². The monoisotopic (exact) mass is 318 g/mol. The molecule has 108 valence electrons. The van der Waals surface area contributed by atoms with Gasteiger partial charge in [-0.05, 0) is 30.9 Å². The number of nitrogen functional groups attached to an aromatic ring is 1. The molecule has 0 spiro atoms. The van der Waals surface area contributed by atoms with Gasteiger partial charge < -0.3 is 10.2 Å². The topological polar surface area (TPSA) is 77.8 Å². The summed E-state index contributed by atoms with van der Waals surface area (Å²) in [4.78, 5) is 13.0. The number of fused-ring (bicyclic) bond motifs is 1. The second kappa shape index (κ2) is 5.95. The Kier molecular flexibility index (Phi) is 4.03. The number of thioether (sulfide) groups is 2. The van der Waals surface area contributed by atoms with Crippen LogP contribution in [-0.4, -0.2) is 21.2 Å². The molecule has 21 heavy (non-hydrogen) atoms. The van der Waals surface area contributed by atoms with E-state index in [0.717, 1.165) is 16.0 Å². The van der Waals surface area contributed by atoms with Gasteiger partial charge in [-0.2, -0.15) is 0 Å². The molecule has 0 saturated heterocycles. The van der Waals surface area contributed by atoms with E-state index >= 15 is 0 Å². The number of rotatable bonds is 4. The number of nitrogens with zero attached hydrogens (tertiary/aromatic N) is 3. The van der Waals surface area contributed by atoms with Gasteiger partial charge in [-0.3, -0.25) is 0 Å². The number of anilines is 1. The SMILES string of the molecule is CSc1cc(N)nc(SC(C)c2cnc3occc3c2)n1. The third-order valence-electron chi connectivity index (χ3n) is 2.99. The summed E-state index contributed by atoms with van der Waals surface area (Å²) in [5.74, 6) is 0.493. The Bertz CT molecular complexity index is 775. The summed E-state index contributed by atoms with van der Waals surface area (Å²) in [7, 11) is 0. The molecule has 0 saturated carbocycles. The molecule has 3 aromatic heterocycles. The van der Waals surface area contributed by atoms with Crippen LogP contribution in [0.2, 0.25) is 0 Å². The van der Waals surface area contributed by atoms with Crippen LogP contribution in [-0.2, 0) is 0 Å². The average Bonchev–Trinajstić information content (AvgIpc) is 2.93. The summed E-state index contributed by atoms with van der Waals surface area (Å²) < 4.78 is 5.26. The molecule has 0 aliphatic carbocycles. The minimum absolute atomic E-state index is 0.174. The lowest BCUT2D eigenvalue weighted by molar-refractivity contribution is 0.603.